The fourth-order valence-electron chi connectivity index (χ4n) is 0.888. The molecule has 0 radical (unpaired) electrons. The Bertz CT molecular complexity index is 224. The minimum atomic E-state index is -1.12. The van der Waals surface area contributed by atoms with Crippen LogP contribution >= 0.6 is 25.4 Å². The van der Waals surface area contributed by atoms with Crippen LogP contribution in [-0.2, 0) is 9.59 Å². The lowest BCUT2D eigenvalue weighted by molar-refractivity contribution is -0.146. The predicted molar refractivity (Wildman–Crippen MR) is 56.0 cm³/mol. The van der Waals surface area contributed by atoms with Gasteiger partial charge in [0, 0.05) is 11.7 Å². The molecule has 0 bridgehead atoms. The van der Waals surface area contributed by atoms with Gasteiger partial charge in [-0.2, -0.15) is 12.6 Å². The fraction of sp³-hybridized carbons (Fsp3) is 0.714. The number of carbonyl (C=O) groups is 2. The van der Waals surface area contributed by atoms with E-state index < -0.39 is 22.7 Å². The highest BCUT2D eigenvalue weighted by Gasteiger charge is 2.37. The van der Waals surface area contributed by atoms with Gasteiger partial charge in [-0.3, -0.25) is 9.10 Å². The minimum absolute atomic E-state index is 0.419. The van der Waals surface area contributed by atoms with Crippen molar-refractivity contribution in [3.63, 3.8) is 0 Å². The molecule has 0 fully saturated rings. The molecule has 0 spiro atoms. The molecule has 0 unspecified atom stereocenters. The van der Waals surface area contributed by atoms with Gasteiger partial charge in [-0.25, -0.2) is 4.79 Å². The van der Waals surface area contributed by atoms with Gasteiger partial charge in [0.25, 0.3) is 0 Å². The molecule has 1 N–H and O–H groups in total. The summed E-state index contributed by atoms with van der Waals surface area (Å²) < 4.78 is 0.0363. The summed E-state index contributed by atoms with van der Waals surface area (Å²) >= 11 is 7.91. The van der Waals surface area contributed by atoms with Crippen LogP contribution in [0.5, 0.6) is 0 Å². The highest BCUT2D eigenvalue weighted by atomic mass is 32.1. The average molecular weight is 223 g/mol. The van der Waals surface area contributed by atoms with E-state index in [1.807, 2.05) is 0 Å². The van der Waals surface area contributed by atoms with Crippen molar-refractivity contribution in [2.24, 2.45) is 0 Å². The van der Waals surface area contributed by atoms with Crippen LogP contribution in [-0.4, -0.2) is 32.1 Å². The van der Waals surface area contributed by atoms with Gasteiger partial charge in [0.05, 0.1) is 0 Å². The van der Waals surface area contributed by atoms with Gasteiger partial charge in [-0.05, 0) is 13.8 Å². The van der Waals surface area contributed by atoms with Crippen LogP contribution in [0.15, 0.2) is 0 Å². The number of carboxylic acids is 1. The van der Waals surface area contributed by atoms with Crippen LogP contribution in [0.4, 0.5) is 0 Å². The molecule has 0 aliphatic rings. The first-order valence-electron chi connectivity index (χ1n) is 3.61. The second-order valence-corrected chi connectivity index (χ2v) is 4.84. The lowest BCUT2D eigenvalue weighted by Crippen LogP contribution is -2.49. The summed E-state index contributed by atoms with van der Waals surface area (Å²) in [5.74, 6) is -1.54. The molecule has 0 aliphatic heterocycles. The number of aliphatic carboxylic acids is 1. The van der Waals surface area contributed by atoms with E-state index in [9.17, 15) is 9.59 Å². The van der Waals surface area contributed by atoms with Crippen LogP contribution in [0.3, 0.4) is 0 Å². The molecule has 6 heteroatoms. The molecule has 0 aromatic carbocycles. The van der Waals surface area contributed by atoms with Crippen LogP contribution in [0.2, 0.25) is 0 Å². The van der Waals surface area contributed by atoms with Crippen LogP contribution in [0.1, 0.15) is 20.8 Å². The van der Waals surface area contributed by atoms with Crippen LogP contribution in [0, 0.1) is 0 Å². The Morgan fingerprint density at radius 3 is 1.92 bits per heavy atom. The van der Waals surface area contributed by atoms with Crippen molar-refractivity contribution in [2.45, 2.75) is 31.6 Å². The fourth-order valence-corrected chi connectivity index (χ4v) is 1.59. The maximum Gasteiger partial charge on any atom is 0.328 e. The molecule has 1 atom stereocenters. The summed E-state index contributed by atoms with van der Waals surface area (Å²) in [6, 6.07) is -1.04. The summed E-state index contributed by atoms with van der Waals surface area (Å²) in [5.41, 5.74) is 0. The van der Waals surface area contributed by atoms with Crippen molar-refractivity contribution in [3.8, 4) is 0 Å². The molecule has 76 valence electrons. The number of thiol groups is 2. The second-order valence-electron chi connectivity index (χ2n) is 3.26. The summed E-state index contributed by atoms with van der Waals surface area (Å²) in [6.45, 7) is 4.48. The zero-order valence-corrected chi connectivity index (χ0v) is 9.47. The first-order chi connectivity index (χ1) is 5.68. The molecular formula is C7H13NO3S2. The van der Waals surface area contributed by atoms with Gasteiger partial charge >= 0.3 is 5.97 Å². The van der Waals surface area contributed by atoms with E-state index in [1.165, 1.54) is 6.92 Å². The predicted octanol–water partition coefficient (Wildman–Crippen LogP) is 0.841. The zero-order valence-electron chi connectivity index (χ0n) is 7.68. The maximum absolute atomic E-state index is 10.9. The third-order valence-electron chi connectivity index (χ3n) is 1.47. The van der Waals surface area contributed by atoms with E-state index in [0.29, 0.717) is 0 Å². The van der Waals surface area contributed by atoms with Gasteiger partial charge in [-0.15, -0.1) is 0 Å². The maximum atomic E-state index is 10.9. The van der Waals surface area contributed by atoms with Crippen molar-refractivity contribution < 1.29 is 14.7 Å². The lowest BCUT2D eigenvalue weighted by Gasteiger charge is -2.31. The van der Waals surface area contributed by atoms with E-state index in [2.05, 4.69) is 25.4 Å². The van der Waals surface area contributed by atoms with Crippen LogP contribution in [0.25, 0.3) is 0 Å². The van der Waals surface area contributed by atoms with E-state index in [-0.39, 0.29) is 0 Å². The number of rotatable bonds is 3. The number of carboxylic acid groups (broad SMARTS) is 1. The summed E-state index contributed by atoms with van der Waals surface area (Å²) in [4.78, 5) is 21.7. The molecule has 0 aromatic rings. The van der Waals surface area contributed by atoms with Gasteiger partial charge in [0.15, 0.2) is 6.04 Å². The quantitative estimate of drug-likeness (QED) is 0.621. The van der Waals surface area contributed by atoms with E-state index >= 15 is 0 Å². The van der Waals surface area contributed by atoms with Crippen molar-refractivity contribution in [1.82, 2.24) is 4.31 Å². The van der Waals surface area contributed by atoms with Gasteiger partial charge in [-0.1, -0.05) is 12.8 Å². The third-order valence-corrected chi connectivity index (χ3v) is 2.23. The highest BCUT2D eigenvalue weighted by molar-refractivity contribution is 7.82. The van der Waals surface area contributed by atoms with E-state index in [0.717, 1.165) is 4.31 Å². The van der Waals surface area contributed by atoms with E-state index in [1.54, 1.807) is 13.8 Å². The number of amides is 1. The molecule has 0 aromatic heterocycles. The normalized spacial score (nSPS) is 13.6. The molecule has 4 nitrogen and oxygen atoms in total. The number of hydrogen-bond donors (Lipinski definition) is 3. The molecular weight excluding hydrogens is 210 g/mol. The van der Waals surface area contributed by atoms with Gasteiger partial charge < -0.3 is 5.11 Å². The monoisotopic (exact) mass is 223 g/mol. The lowest BCUT2D eigenvalue weighted by atomic mass is 10.0. The Morgan fingerprint density at radius 2 is 1.85 bits per heavy atom. The molecule has 0 heterocycles. The molecule has 0 rings (SSSR count). The smallest absolute Gasteiger partial charge is 0.328 e. The first kappa shape index (κ1) is 12.6. The van der Waals surface area contributed by atoms with Gasteiger partial charge in [0.2, 0.25) is 5.91 Å². The summed E-state index contributed by atoms with van der Waals surface area (Å²) in [5, 5.41) is 8.84. The molecule has 0 saturated carbocycles. The second kappa shape index (κ2) is 4.23. The minimum Gasteiger partial charge on any atom is -0.480 e. The third kappa shape index (κ3) is 3.48. The van der Waals surface area contributed by atoms with E-state index in [4.69, 9.17) is 5.11 Å². The Labute approximate surface area is 88.3 Å². The molecule has 1 amide bonds. The Hall–Kier alpha value is -0.360. The average Bonchev–Trinajstić information content (AvgIpc) is 1.82. The number of carbonyl (C=O) groups excluding carboxylic acids is 1. The molecule has 0 aliphatic carbocycles. The zero-order chi connectivity index (χ0) is 10.8. The number of nitrogens with zero attached hydrogens (tertiary/aromatic N) is 1. The van der Waals surface area contributed by atoms with Gasteiger partial charge in [0.1, 0.15) is 0 Å². The first-order valence-corrected chi connectivity index (χ1v) is 4.46. The molecule has 13 heavy (non-hydrogen) atoms. The standard InChI is InChI=1S/C7H13NO3S2/c1-4(9)8(13)5(6(10)11)7(2,3)12/h5,12-13H,1-3H3,(H,10,11)/t5-/m1/s1. The Kier molecular flexibility index (Phi) is 4.12. The largest absolute Gasteiger partial charge is 0.480 e. The van der Waals surface area contributed by atoms with Crippen LogP contribution < -0.4 is 0 Å². The SMILES string of the molecule is CC(=O)N(S)[C@H](C(=O)O)C(C)(C)S. The highest BCUT2D eigenvalue weighted by Crippen LogP contribution is 2.24. The van der Waals surface area contributed by atoms with Crippen molar-refractivity contribution in [2.75, 3.05) is 0 Å². The summed E-state index contributed by atoms with van der Waals surface area (Å²) in [6.07, 6.45) is 0. The summed E-state index contributed by atoms with van der Waals surface area (Å²) in [7, 11) is 0. The molecule has 0 saturated heterocycles. The van der Waals surface area contributed by atoms with Crippen molar-refractivity contribution in [3.05, 3.63) is 0 Å². The Balaban J connectivity index is 4.83. The topological polar surface area (TPSA) is 57.6 Å². The van der Waals surface area contributed by atoms with Crippen molar-refractivity contribution >= 4 is 37.3 Å². The number of hydrogen-bond acceptors (Lipinski definition) is 4. The van der Waals surface area contributed by atoms with Crippen molar-refractivity contribution in [1.29, 1.82) is 0 Å². The Morgan fingerprint density at radius 1 is 1.46 bits per heavy atom.